The van der Waals surface area contributed by atoms with Crippen LogP contribution in [0.15, 0.2) is 24.3 Å². The first kappa shape index (κ1) is 17.5. The molecule has 0 spiro atoms. The van der Waals surface area contributed by atoms with Crippen LogP contribution in [-0.4, -0.2) is 18.4 Å². The molecule has 0 saturated heterocycles. The lowest BCUT2D eigenvalue weighted by molar-refractivity contribution is -0.136. The number of nitrogens with one attached hydrogen (secondary N) is 2. The number of carbonyl (C=O) groups excluding carboxylic acids is 2. The van der Waals surface area contributed by atoms with Crippen LogP contribution in [0.2, 0.25) is 5.02 Å². The van der Waals surface area contributed by atoms with Crippen molar-refractivity contribution in [3.05, 3.63) is 29.3 Å². The van der Waals surface area contributed by atoms with Crippen molar-refractivity contribution >= 4 is 29.1 Å². The summed E-state index contributed by atoms with van der Waals surface area (Å²) in [5, 5.41) is 5.74. The molecule has 2 N–H and O–H groups in total. The fourth-order valence-electron chi connectivity index (χ4n) is 2.01. The van der Waals surface area contributed by atoms with Crippen LogP contribution in [0.3, 0.4) is 0 Å². The van der Waals surface area contributed by atoms with Crippen molar-refractivity contribution in [2.24, 2.45) is 5.92 Å². The van der Waals surface area contributed by atoms with Crippen molar-refractivity contribution in [1.29, 1.82) is 0 Å². The number of unbranched alkanes of at least 4 members (excludes halogenated alkanes) is 1. The van der Waals surface area contributed by atoms with E-state index in [1.807, 2.05) is 0 Å². The van der Waals surface area contributed by atoms with E-state index in [-0.39, 0.29) is 0 Å². The maximum Gasteiger partial charge on any atom is 0.313 e. The molecule has 2 amide bonds. The normalized spacial score (nSPS) is 11.8. The molecule has 21 heavy (non-hydrogen) atoms. The molecule has 1 aromatic carbocycles. The summed E-state index contributed by atoms with van der Waals surface area (Å²) in [5.41, 5.74) is 0.515. The molecule has 5 heteroatoms. The number of benzene rings is 1. The molecule has 0 aliphatic heterocycles. The Labute approximate surface area is 131 Å². The van der Waals surface area contributed by atoms with Gasteiger partial charge in [-0.2, -0.15) is 0 Å². The molecule has 0 aromatic heterocycles. The first-order valence-corrected chi connectivity index (χ1v) is 7.79. The van der Waals surface area contributed by atoms with Crippen molar-refractivity contribution in [3.8, 4) is 0 Å². The van der Waals surface area contributed by atoms with Crippen molar-refractivity contribution in [2.75, 3.05) is 11.9 Å². The predicted molar refractivity (Wildman–Crippen MR) is 86.4 cm³/mol. The number of halogens is 1. The number of rotatable bonds is 7. The predicted octanol–water partition coefficient (Wildman–Crippen LogP) is 3.61. The Hall–Kier alpha value is -1.55. The van der Waals surface area contributed by atoms with Gasteiger partial charge in [-0.3, -0.25) is 9.59 Å². The first-order valence-electron chi connectivity index (χ1n) is 7.41. The molecule has 0 saturated carbocycles. The lowest BCUT2D eigenvalue weighted by Crippen LogP contribution is -2.38. The fourth-order valence-corrected chi connectivity index (χ4v) is 2.21. The summed E-state index contributed by atoms with van der Waals surface area (Å²) in [5.74, 6) is -0.847. The van der Waals surface area contributed by atoms with Crippen molar-refractivity contribution in [2.45, 2.75) is 39.5 Å². The molecule has 0 heterocycles. The minimum absolute atomic E-state index is 0.424. The summed E-state index contributed by atoms with van der Waals surface area (Å²) in [4.78, 5) is 23.5. The third kappa shape index (κ3) is 6.63. The van der Waals surface area contributed by atoms with Crippen molar-refractivity contribution in [3.63, 3.8) is 0 Å². The monoisotopic (exact) mass is 310 g/mol. The lowest BCUT2D eigenvalue weighted by atomic mass is 9.99. The smallest absolute Gasteiger partial charge is 0.313 e. The molecule has 116 valence electrons. The quantitative estimate of drug-likeness (QED) is 0.756. The second kappa shape index (κ2) is 9.40. The average Bonchev–Trinajstić information content (AvgIpc) is 2.47. The highest BCUT2D eigenvalue weighted by atomic mass is 35.5. The molecule has 0 bridgehead atoms. The second-order valence-corrected chi connectivity index (χ2v) is 5.53. The number of hydrogen-bond donors (Lipinski definition) is 2. The standard InChI is InChI=1S/C16H23ClN2O2/c1-3-5-7-12(4-2)11-18-15(20)16(21)19-14-9-6-8-13(17)10-14/h6,8-10,12H,3-5,7,11H2,1-2H3,(H,18,20)(H,19,21)/t12-/m1/s1. The van der Waals surface area contributed by atoms with E-state index in [9.17, 15) is 9.59 Å². The van der Waals surface area contributed by atoms with Gasteiger partial charge >= 0.3 is 11.8 Å². The van der Waals surface area contributed by atoms with Gasteiger partial charge in [0, 0.05) is 17.3 Å². The molecule has 0 fully saturated rings. The molecule has 4 nitrogen and oxygen atoms in total. The molecule has 0 aliphatic carbocycles. The molecular weight excluding hydrogens is 288 g/mol. The molecule has 0 unspecified atom stereocenters. The van der Waals surface area contributed by atoms with Crippen LogP contribution in [0.1, 0.15) is 39.5 Å². The summed E-state index contributed by atoms with van der Waals surface area (Å²) in [6.45, 7) is 4.78. The molecule has 1 aromatic rings. The van der Waals surface area contributed by atoms with Gasteiger partial charge in [-0.1, -0.05) is 50.8 Å². The van der Waals surface area contributed by atoms with E-state index in [0.29, 0.717) is 23.2 Å². The Morgan fingerprint density at radius 2 is 2.00 bits per heavy atom. The zero-order valence-corrected chi connectivity index (χ0v) is 13.4. The van der Waals surface area contributed by atoms with E-state index >= 15 is 0 Å². The summed E-state index contributed by atoms with van der Waals surface area (Å²) in [6, 6.07) is 6.71. The van der Waals surface area contributed by atoms with Crippen LogP contribution in [0.25, 0.3) is 0 Å². The van der Waals surface area contributed by atoms with Gasteiger partial charge in [0.2, 0.25) is 0 Å². The Kier molecular flexibility index (Phi) is 7.83. The van der Waals surface area contributed by atoms with Gasteiger partial charge in [0.1, 0.15) is 0 Å². The van der Waals surface area contributed by atoms with Gasteiger partial charge in [0.25, 0.3) is 0 Å². The molecule has 1 rings (SSSR count). The minimum atomic E-state index is -0.664. The third-order valence-electron chi connectivity index (χ3n) is 3.38. The van der Waals surface area contributed by atoms with Crippen LogP contribution in [0.4, 0.5) is 5.69 Å². The van der Waals surface area contributed by atoms with E-state index in [2.05, 4.69) is 24.5 Å². The first-order chi connectivity index (χ1) is 10.1. The Morgan fingerprint density at radius 3 is 2.62 bits per heavy atom. The number of carbonyl (C=O) groups is 2. The average molecular weight is 311 g/mol. The van der Waals surface area contributed by atoms with Crippen LogP contribution in [0, 0.1) is 5.92 Å². The van der Waals surface area contributed by atoms with Crippen LogP contribution in [-0.2, 0) is 9.59 Å². The number of hydrogen-bond acceptors (Lipinski definition) is 2. The van der Waals surface area contributed by atoms with Crippen LogP contribution < -0.4 is 10.6 Å². The molecule has 1 atom stereocenters. The molecule has 0 aliphatic rings. The van der Waals surface area contributed by atoms with E-state index < -0.39 is 11.8 Å². The zero-order chi connectivity index (χ0) is 15.7. The second-order valence-electron chi connectivity index (χ2n) is 5.09. The van der Waals surface area contributed by atoms with E-state index in [4.69, 9.17) is 11.6 Å². The minimum Gasteiger partial charge on any atom is -0.348 e. The molecule has 0 radical (unpaired) electrons. The Balaban J connectivity index is 2.42. The fraction of sp³-hybridized carbons (Fsp3) is 0.500. The van der Waals surface area contributed by atoms with E-state index in [1.165, 1.54) is 0 Å². The maximum absolute atomic E-state index is 11.8. The van der Waals surface area contributed by atoms with Gasteiger partial charge in [-0.05, 0) is 30.5 Å². The van der Waals surface area contributed by atoms with Gasteiger partial charge < -0.3 is 10.6 Å². The van der Waals surface area contributed by atoms with Gasteiger partial charge in [0.15, 0.2) is 0 Å². The third-order valence-corrected chi connectivity index (χ3v) is 3.62. The SMILES string of the molecule is CCCC[C@@H](CC)CNC(=O)C(=O)Nc1cccc(Cl)c1. The lowest BCUT2D eigenvalue weighted by Gasteiger charge is -2.15. The largest absolute Gasteiger partial charge is 0.348 e. The zero-order valence-electron chi connectivity index (χ0n) is 12.6. The highest BCUT2D eigenvalue weighted by Crippen LogP contribution is 2.15. The van der Waals surface area contributed by atoms with Crippen molar-refractivity contribution in [1.82, 2.24) is 5.32 Å². The van der Waals surface area contributed by atoms with Gasteiger partial charge in [-0.25, -0.2) is 0 Å². The number of anilines is 1. The van der Waals surface area contributed by atoms with Crippen LogP contribution in [0.5, 0.6) is 0 Å². The summed E-state index contributed by atoms with van der Waals surface area (Å²) < 4.78 is 0. The summed E-state index contributed by atoms with van der Waals surface area (Å²) >= 11 is 5.83. The highest BCUT2D eigenvalue weighted by molar-refractivity contribution is 6.39. The van der Waals surface area contributed by atoms with Gasteiger partial charge in [-0.15, -0.1) is 0 Å². The van der Waals surface area contributed by atoms with Crippen LogP contribution >= 0.6 is 11.6 Å². The molecular formula is C16H23ClN2O2. The Morgan fingerprint density at radius 1 is 1.24 bits per heavy atom. The van der Waals surface area contributed by atoms with E-state index in [0.717, 1.165) is 25.7 Å². The van der Waals surface area contributed by atoms with Crippen molar-refractivity contribution < 1.29 is 9.59 Å². The summed E-state index contributed by atoms with van der Waals surface area (Å²) in [7, 11) is 0. The number of amides is 2. The maximum atomic E-state index is 11.8. The highest BCUT2D eigenvalue weighted by Gasteiger charge is 2.15. The van der Waals surface area contributed by atoms with Gasteiger partial charge in [0.05, 0.1) is 0 Å². The Bertz CT molecular complexity index is 477. The topological polar surface area (TPSA) is 58.2 Å². The summed E-state index contributed by atoms with van der Waals surface area (Å²) in [6.07, 6.45) is 4.35. The van der Waals surface area contributed by atoms with E-state index in [1.54, 1.807) is 24.3 Å².